The number of aromatic nitrogens is 2. The predicted octanol–water partition coefficient (Wildman–Crippen LogP) is 5.99. The predicted molar refractivity (Wildman–Crippen MR) is 169 cm³/mol. The van der Waals surface area contributed by atoms with Crippen LogP contribution >= 0.6 is 11.6 Å². The van der Waals surface area contributed by atoms with Gasteiger partial charge in [0, 0.05) is 42.4 Å². The molecule has 41 heavy (non-hydrogen) atoms. The molecular formula is C33H43ClN6O. The van der Waals surface area contributed by atoms with Crippen molar-refractivity contribution in [2.45, 2.75) is 72.0 Å². The summed E-state index contributed by atoms with van der Waals surface area (Å²) < 4.78 is 1.73. The highest BCUT2D eigenvalue weighted by Crippen LogP contribution is 2.61. The summed E-state index contributed by atoms with van der Waals surface area (Å²) in [6.45, 7) is 14.3. The maximum atomic E-state index is 13.5. The number of hydrogen-bond donors (Lipinski definition) is 2. The Bertz CT molecular complexity index is 1500. The van der Waals surface area contributed by atoms with E-state index in [1.54, 1.807) is 10.9 Å². The molecule has 1 saturated heterocycles. The number of piperazine rings is 1. The number of nitrogens with zero attached hydrogens (tertiary/aromatic N) is 4. The first-order valence-electron chi connectivity index (χ1n) is 15.2. The standard InChI is InChI=1S/C33H43ClN6O/c1-20-18-39(13-12-35-20)32(38-29-16-24-15-28(22(29)3)33(24,4)5)37-26-10-11-27-30(17-26)36-19-40(31(27)41)21(2)14-23-6-8-25(34)9-7-23/h6-11,17,19-22,24,28-29,35H,12-16,18H2,1-5H3,(H,37,38)/t20-,21+,22-,24+,28-,29-/m0/s1. The van der Waals surface area contributed by atoms with Crippen molar-refractivity contribution < 1.29 is 0 Å². The number of nitrogens with one attached hydrogen (secondary N) is 2. The van der Waals surface area contributed by atoms with E-state index in [0.717, 1.165) is 61.5 Å². The van der Waals surface area contributed by atoms with E-state index in [2.05, 4.69) is 43.2 Å². The van der Waals surface area contributed by atoms with Gasteiger partial charge < -0.3 is 15.5 Å². The second-order valence-corrected chi connectivity index (χ2v) is 13.7. The second kappa shape index (κ2) is 11.1. The van der Waals surface area contributed by atoms with Crippen molar-refractivity contribution in [1.82, 2.24) is 19.8 Å². The van der Waals surface area contributed by atoms with Gasteiger partial charge in [-0.25, -0.2) is 9.98 Å². The summed E-state index contributed by atoms with van der Waals surface area (Å²) in [5.41, 5.74) is 3.15. The van der Waals surface area contributed by atoms with Crippen molar-refractivity contribution in [3.63, 3.8) is 0 Å². The monoisotopic (exact) mass is 574 g/mol. The van der Waals surface area contributed by atoms with Crippen LogP contribution in [0.3, 0.4) is 0 Å². The molecule has 2 bridgehead atoms. The zero-order valence-electron chi connectivity index (χ0n) is 24.9. The van der Waals surface area contributed by atoms with Crippen LogP contribution in [0, 0.1) is 23.2 Å². The zero-order chi connectivity index (χ0) is 28.9. The summed E-state index contributed by atoms with van der Waals surface area (Å²) in [6, 6.07) is 14.4. The van der Waals surface area contributed by atoms with Gasteiger partial charge in [-0.15, -0.1) is 0 Å². The highest BCUT2D eigenvalue weighted by molar-refractivity contribution is 6.30. The summed E-state index contributed by atoms with van der Waals surface area (Å²) in [6.07, 6.45) is 4.91. The number of fused-ring (bicyclic) bond motifs is 3. The third kappa shape index (κ3) is 5.51. The van der Waals surface area contributed by atoms with Gasteiger partial charge in [-0.2, -0.15) is 0 Å². The second-order valence-electron chi connectivity index (χ2n) is 13.3. The average molecular weight is 575 g/mol. The Balaban J connectivity index is 1.25. The van der Waals surface area contributed by atoms with Gasteiger partial charge >= 0.3 is 0 Å². The molecule has 3 aromatic rings. The van der Waals surface area contributed by atoms with Gasteiger partial charge in [-0.3, -0.25) is 9.36 Å². The minimum atomic E-state index is -0.0273. The SMILES string of the molecule is C[C@@H]1[C@@H](/N=C(/Nc2ccc3c(=O)n([C@H](C)Cc4ccc(Cl)cc4)cnc3c2)N2CCN[C@@H](C)C2)C[C@H]2C[C@@H]1C2(C)C. The van der Waals surface area contributed by atoms with Crippen LogP contribution in [0.15, 0.2) is 58.6 Å². The molecule has 4 fully saturated rings. The van der Waals surface area contributed by atoms with Gasteiger partial charge in [0.1, 0.15) is 0 Å². The normalized spacial score (nSPS) is 28.3. The topological polar surface area (TPSA) is 74.5 Å². The number of halogens is 1. The van der Waals surface area contributed by atoms with Crippen LogP contribution in [0.2, 0.25) is 5.02 Å². The summed E-state index contributed by atoms with van der Waals surface area (Å²) in [5, 5.41) is 8.55. The molecule has 0 amide bonds. The number of benzene rings is 2. The smallest absolute Gasteiger partial charge is 0.261 e. The first-order valence-corrected chi connectivity index (χ1v) is 15.6. The molecule has 2 aromatic carbocycles. The molecule has 0 radical (unpaired) electrons. The molecule has 1 aromatic heterocycles. The van der Waals surface area contributed by atoms with E-state index < -0.39 is 0 Å². The van der Waals surface area contributed by atoms with Crippen LogP contribution < -0.4 is 16.2 Å². The lowest BCUT2D eigenvalue weighted by Gasteiger charge is -2.61. The first kappa shape index (κ1) is 28.2. The first-order chi connectivity index (χ1) is 19.6. The lowest BCUT2D eigenvalue weighted by Crippen LogP contribution is -2.57. The fourth-order valence-electron chi connectivity index (χ4n) is 7.48. The van der Waals surface area contributed by atoms with Gasteiger partial charge in [0.05, 0.1) is 23.3 Å². The average Bonchev–Trinajstić information content (AvgIpc) is 2.94. The Kier molecular flexibility index (Phi) is 7.62. The quantitative estimate of drug-likeness (QED) is 0.289. The summed E-state index contributed by atoms with van der Waals surface area (Å²) >= 11 is 6.04. The third-order valence-electron chi connectivity index (χ3n) is 10.2. The summed E-state index contributed by atoms with van der Waals surface area (Å²) in [7, 11) is 0. The van der Waals surface area contributed by atoms with Crippen molar-refractivity contribution >= 4 is 34.2 Å². The Labute approximate surface area is 248 Å². The van der Waals surface area contributed by atoms with Crippen LogP contribution in [-0.4, -0.2) is 52.1 Å². The number of rotatable bonds is 5. The molecule has 6 atom stereocenters. The maximum absolute atomic E-state index is 13.5. The van der Waals surface area contributed by atoms with Crippen molar-refractivity contribution in [2.75, 3.05) is 25.0 Å². The zero-order valence-corrected chi connectivity index (χ0v) is 25.7. The van der Waals surface area contributed by atoms with E-state index in [0.29, 0.717) is 39.3 Å². The molecule has 7 nitrogen and oxygen atoms in total. The van der Waals surface area contributed by atoms with Crippen LogP contribution in [-0.2, 0) is 6.42 Å². The highest BCUT2D eigenvalue weighted by atomic mass is 35.5. The molecule has 2 N–H and O–H groups in total. The van der Waals surface area contributed by atoms with Crippen molar-refractivity contribution in [2.24, 2.45) is 28.2 Å². The minimum absolute atomic E-state index is 0.0225. The number of anilines is 1. The Hall–Kier alpha value is -2.90. The number of guanidine groups is 1. The minimum Gasteiger partial charge on any atom is -0.340 e. The molecule has 7 rings (SSSR count). The Morgan fingerprint density at radius 3 is 2.68 bits per heavy atom. The lowest BCUT2D eigenvalue weighted by atomic mass is 9.45. The molecule has 0 unspecified atom stereocenters. The van der Waals surface area contributed by atoms with E-state index in [-0.39, 0.29) is 11.6 Å². The molecule has 3 saturated carbocycles. The lowest BCUT2D eigenvalue weighted by molar-refractivity contribution is -0.108. The Morgan fingerprint density at radius 1 is 1.20 bits per heavy atom. The van der Waals surface area contributed by atoms with Crippen LogP contribution in [0.5, 0.6) is 0 Å². The molecule has 0 spiro atoms. The maximum Gasteiger partial charge on any atom is 0.261 e. The number of aliphatic imine (C=N–C) groups is 1. The van der Waals surface area contributed by atoms with Gasteiger partial charge in [0.25, 0.3) is 5.56 Å². The molecule has 4 aliphatic rings. The third-order valence-corrected chi connectivity index (χ3v) is 10.5. The number of hydrogen-bond acceptors (Lipinski definition) is 4. The molecular weight excluding hydrogens is 532 g/mol. The van der Waals surface area contributed by atoms with Crippen LogP contribution in [0.4, 0.5) is 5.69 Å². The van der Waals surface area contributed by atoms with Crippen molar-refractivity contribution in [3.8, 4) is 0 Å². The van der Waals surface area contributed by atoms with E-state index >= 15 is 0 Å². The van der Waals surface area contributed by atoms with Gasteiger partial charge in [-0.05, 0) is 92.2 Å². The fraction of sp³-hybridized carbons (Fsp3) is 0.545. The molecule has 8 heteroatoms. The van der Waals surface area contributed by atoms with Crippen LogP contribution in [0.25, 0.3) is 10.9 Å². The molecule has 218 valence electrons. The van der Waals surface area contributed by atoms with Gasteiger partial charge in [0.15, 0.2) is 5.96 Å². The largest absolute Gasteiger partial charge is 0.340 e. The molecule has 2 heterocycles. The molecule has 1 aliphatic heterocycles. The summed E-state index contributed by atoms with van der Waals surface area (Å²) in [4.78, 5) is 26.0. The highest BCUT2D eigenvalue weighted by Gasteiger charge is 2.56. The van der Waals surface area contributed by atoms with E-state index in [1.165, 1.54) is 6.42 Å². The van der Waals surface area contributed by atoms with E-state index in [9.17, 15) is 4.79 Å². The van der Waals surface area contributed by atoms with E-state index in [1.807, 2.05) is 49.4 Å². The molecule has 3 aliphatic carbocycles. The van der Waals surface area contributed by atoms with Crippen LogP contribution in [0.1, 0.15) is 59.1 Å². The van der Waals surface area contributed by atoms with Crippen molar-refractivity contribution in [3.05, 3.63) is 69.7 Å². The fourth-order valence-corrected chi connectivity index (χ4v) is 7.61. The summed E-state index contributed by atoms with van der Waals surface area (Å²) in [5.74, 6) is 3.01. The van der Waals surface area contributed by atoms with E-state index in [4.69, 9.17) is 21.6 Å². The van der Waals surface area contributed by atoms with Gasteiger partial charge in [-0.1, -0.05) is 44.5 Å². The van der Waals surface area contributed by atoms with Crippen molar-refractivity contribution in [1.29, 1.82) is 0 Å². The Morgan fingerprint density at radius 2 is 1.98 bits per heavy atom. The van der Waals surface area contributed by atoms with Gasteiger partial charge in [0.2, 0.25) is 0 Å².